The van der Waals surface area contributed by atoms with Crippen LogP contribution >= 0.6 is 49.9 Å². The molecule has 46 heavy (non-hydrogen) atoms. The van der Waals surface area contributed by atoms with Gasteiger partial charge in [0.2, 0.25) is 11.8 Å². The normalized spacial score (nSPS) is 13.8. The Hall–Kier alpha value is -3.89. The summed E-state index contributed by atoms with van der Waals surface area (Å²) in [5.74, 6) is 1.86. The van der Waals surface area contributed by atoms with Gasteiger partial charge in [0.15, 0.2) is 16.8 Å². The van der Waals surface area contributed by atoms with E-state index in [4.69, 9.17) is 0 Å². The Morgan fingerprint density at radius 1 is 0.826 bits per heavy atom. The number of halogens is 2. The first-order valence-electron chi connectivity index (χ1n) is 14.7. The number of carbonyl (C=O) groups excluding carboxylic acids is 3. The molecule has 0 spiro atoms. The molecule has 0 aliphatic heterocycles. The molecule has 2 aliphatic rings. The first kappa shape index (κ1) is 32.1. The van der Waals surface area contributed by atoms with Gasteiger partial charge in [-0.3, -0.25) is 29.9 Å². The van der Waals surface area contributed by atoms with Crippen molar-refractivity contribution in [2.24, 2.45) is 0 Å². The van der Waals surface area contributed by atoms with Gasteiger partial charge in [0.1, 0.15) is 0 Å². The molecule has 2 fully saturated rings. The number of hydrogen-bond acceptors (Lipinski definition) is 7. The summed E-state index contributed by atoms with van der Waals surface area (Å²) in [4.78, 5) is 40.6. The van der Waals surface area contributed by atoms with Crippen molar-refractivity contribution in [2.75, 3.05) is 16.0 Å². The van der Waals surface area contributed by atoms with Crippen LogP contribution in [0.2, 0.25) is 0 Å². The van der Waals surface area contributed by atoms with E-state index in [0.29, 0.717) is 46.3 Å². The highest BCUT2D eigenvalue weighted by atomic mass is 127. The monoisotopic (exact) mass is 812 g/mol. The third-order valence-corrected chi connectivity index (χ3v) is 9.68. The molecule has 0 unspecified atom stereocenters. The quantitative estimate of drug-likeness (QED) is 0.0956. The first-order chi connectivity index (χ1) is 22.3. The van der Waals surface area contributed by atoms with Crippen LogP contribution in [0.15, 0.2) is 70.5 Å². The summed E-state index contributed by atoms with van der Waals surface area (Å²) >= 11 is 6.87. The van der Waals surface area contributed by atoms with Crippen molar-refractivity contribution in [2.45, 2.75) is 50.4 Å². The number of rotatable bonds is 10. The number of aromatic nitrogens is 5. The lowest BCUT2D eigenvalue weighted by Gasteiger charge is -2.04. The third kappa shape index (κ3) is 9.10. The van der Waals surface area contributed by atoms with E-state index in [-0.39, 0.29) is 24.1 Å². The van der Waals surface area contributed by atoms with Crippen LogP contribution in [0, 0.1) is 3.57 Å². The van der Waals surface area contributed by atoms with Gasteiger partial charge in [0.05, 0.1) is 18.5 Å². The van der Waals surface area contributed by atoms with Crippen LogP contribution in [0.4, 0.5) is 16.8 Å². The molecule has 0 saturated heterocycles. The maximum atomic E-state index is 12.2. The topological polar surface area (TPSA) is 158 Å². The molecule has 3 heterocycles. The van der Waals surface area contributed by atoms with E-state index < -0.39 is 0 Å². The molecule has 0 atom stereocenters. The zero-order chi connectivity index (χ0) is 32.0. The van der Waals surface area contributed by atoms with Gasteiger partial charge in [0, 0.05) is 54.3 Å². The Bertz CT molecular complexity index is 1850. The molecule has 2 aliphatic carbocycles. The van der Waals surface area contributed by atoms with Crippen LogP contribution in [0.25, 0.3) is 0 Å². The molecule has 0 bridgehead atoms. The van der Waals surface area contributed by atoms with Crippen molar-refractivity contribution in [3.8, 4) is 0 Å². The highest BCUT2D eigenvalue weighted by Crippen LogP contribution is 2.40. The standard InChI is InChI=1S/C18H16BrN5O2S.C14H14IN3O/c19-12-5-3-11(4-6-12)17(26)22-18-20-13(9-27-18)7-16(25)21-15-8-14(23-24-15)10-1-2-10;15-11-4-2-1-3-10(11)7-14(19)16-13-8-12(17-18-13)9-5-6-9/h3-6,8-10H,1-2,7H2,(H,20,22,26)(H2,21,23,24,25);1-4,8-9H,5-7H2,(H2,16,17,18,19). The second-order valence-corrected chi connectivity index (χ2v) is 14.0. The second-order valence-electron chi connectivity index (χ2n) is 11.1. The van der Waals surface area contributed by atoms with Crippen molar-refractivity contribution in [1.82, 2.24) is 25.4 Å². The lowest BCUT2D eigenvalue weighted by Crippen LogP contribution is -2.15. The van der Waals surface area contributed by atoms with E-state index in [9.17, 15) is 14.4 Å². The molecule has 5 N–H and O–H groups in total. The molecule has 3 aromatic heterocycles. The molecular weight excluding hydrogens is 783 g/mol. The number of aromatic amines is 2. The Morgan fingerprint density at radius 2 is 1.41 bits per heavy atom. The predicted octanol–water partition coefficient (Wildman–Crippen LogP) is 7.01. The first-order valence-corrected chi connectivity index (χ1v) is 17.5. The SMILES string of the molecule is O=C(Cc1ccccc1I)Nc1cc(C2CC2)[nH]n1.O=C(Cc1csc(NC(=O)c2ccc(Br)cc2)n1)Nc1cc(C2CC2)[nH]n1. The average molecular weight is 814 g/mol. The number of carbonyl (C=O) groups is 3. The van der Waals surface area contributed by atoms with Crippen LogP contribution in [-0.2, 0) is 22.4 Å². The van der Waals surface area contributed by atoms with Crippen molar-refractivity contribution in [1.29, 1.82) is 0 Å². The Morgan fingerprint density at radius 3 is 2.00 bits per heavy atom. The van der Waals surface area contributed by atoms with Crippen molar-refractivity contribution >= 4 is 84.3 Å². The number of nitrogens with one attached hydrogen (secondary N) is 5. The summed E-state index contributed by atoms with van der Waals surface area (Å²) in [7, 11) is 0. The minimum Gasteiger partial charge on any atom is -0.309 e. The fourth-order valence-corrected chi connectivity index (χ4v) is 6.13. The van der Waals surface area contributed by atoms with E-state index >= 15 is 0 Å². The van der Waals surface area contributed by atoms with E-state index in [0.717, 1.165) is 25.0 Å². The zero-order valence-electron chi connectivity index (χ0n) is 24.5. The van der Waals surface area contributed by atoms with E-state index in [2.05, 4.69) is 79.8 Å². The van der Waals surface area contributed by atoms with E-state index in [1.54, 1.807) is 29.6 Å². The van der Waals surface area contributed by atoms with Gasteiger partial charge in [-0.15, -0.1) is 11.3 Å². The van der Waals surface area contributed by atoms with Crippen molar-refractivity contribution < 1.29 is 14.4 Å². The summed E-state index contributed by atoms with van der Waals surface area (Å²) in [6, 6.07) is 18.8. The molecule has 0 radical (unpaired) electrons. The molecule has 2 aromatic carbocycles. The minimum atomic E-state index is -0.239. The predicted molar refractivity (Wildman–Crippen MR) is 189 cm³/mol. The number of amides is 3. The molecule has 14 heteroatoms. The van der Waals surface area contributed by atoms with Crippen molar-refractivity contribution in [3.63, 3.8) is 0 Å². The van der Waals surface area contributed by atoms with Gasteiger partial charge in [-0.2, -0.15) is 10.2 Å². The molecular formula is C32H30BrIN8O3S. The Labute approximate surface area is 291 Å². The maximum Gasteiger partial charge on any atom is 0.257 e. The number of anilines is 3. The number of nitrogens with zero attached hydrogens (tertiary/aromatic N) is 3. The average Bonchev–Trinajstić information content (AvgIpc) is 3.93. The number of H-pyrrole nitrogens is 2. The van der Waals surface area contributed by atoms with Crippen LogP contribution in [0.3, 0.4) is 0 Å². The van der Waals surface area contributed by atoms with Gasteiger partial charge in [-0.1, -0.05) is 34.1 Å². The number of thiazole rings is 1. The summed E-state index contributed by atoms with van der Waals surface area (Å²) in [6.45, 7) is 0. The van der Waals surface area contributed by atoms with Gasteiger partial charge in [-0.05, 0) is 84.2 Å². The largest absolute Gasteiger partial charge is 0.309 e. The number of hydrogen-bond donors (Lipinski definition) is 5. The highest BCUT2D eigenvalue weighted by molar-refractivity contribution is 14.1. The van der Waals surface area contributed by atoms with E-state index in [1.807, 2.05) is 36.4 Å². The summed E-state index contributed by atoms with van der Waals surface area (Å²) < 4.78 is 2.01. The molecule has 236 valence electrons. The summed E-state index contributed by atoms with van der Waals surface area (Å²) in [6.07, 6.45) is 5.28. The zero-order valence-corrected chi connectivity index (χ0v) is 29.0. The smallest absolute Gasteiger partial charge is 0.257 e. The van der Waals surface area contributed by atoms with Gasteiger partial charge in [-0.25, -0.2) is 4.98 Å². The fourth-order valence-electron chi connectivity index (χ4n) is 4.58. The second kappa shape index (κ2) is 14.7. The van der Waals surface area contributed by atoms with Crippen LogP contribution in [-0.4, -0.2) is 43.1 Å². The van der Waals surface area contributed by atoms with Gasteiger partial charge in [0.25, 0.3) is 5.91 Å². The Balaban J connectivity index is 0.000000172. The molecule has 5 aromatic rings. The highest BCUT2D eigenvalue weighted by Gasteiger charge is 2.26. The lowest BCUT2D eigenvalue weighted by molar-refractivity contribution is -0.116. The van der Waals surface area contributed by atoms with Gasteiger partial charge < -0.3 is 10.6 Å². The minimum absolute atomic E-state index is 0.0297. The van der Waals surface area contributed by atoms with Crippen molar-refractivity contribution in [3.05, 3.63) is 102 Å². The third-order valence-electron chi connectivity index (χ3n) is 7.29. The Kier molecular flexibility index (Phi) is 10.2. The van der Waals surface area contributed by atoms with Crippen LogP contribution in [0.5, 0.6) is 0 Å². The lowest BCUT2D eigenvalue weighted by atomic mass is 10.1. The molecule has 7 rings (SSSR count). The van der Waals surface area contributed by atoms with Gasteiger partial charge >= 0.3 is 0 Å². The summed E-state index contributed by atoms with van der Waals surface area (Å²) in [5, 5.41) is 24.7. The maximum absolute atomic E-state index is 12.2. The molecule has 3 amide bonds. The fraction of sp³-hybridized carbons (Fsp3) is 0.250. The van der Waals surface area contributed by atoms with Crippen LogP contribution < -0.4 is 16.0 Å². The summed E-state index contributed by atoms with van der Waals surface area (Å²) in [5.41, 5.74) is 4.37. The molecule has 11 nitrogen and oxygen atoms in total. The molecule has 2 saturated carbocycles. The number of benzene rings is 2. The van der Waals surface area contributed by atoms with E-state index in [1.165, 1.54) is 37.0 Å². The van der Waals surface area contributed by atoms with Crippen LogP contribution in [0.1, 0.15) is 70.5 Å².